The van der Waals surface area contributed by atoms with Gasteiger partial charge in [0, 0.05) is 25.0 Å². The molecule has 1 N–H and O–H groups in total. The lowest BCUT2D eigenvalue weighted by atomic mass is 9.70. The van der Waals surface area contributed by atoms with E-state index >= 15 is 0 Å². The van der Waals surface area contributed by atoms with Crippen molar-refractivity contribution in [2.24, 2.45) is 11.3 Å². The summed E-state index contributed by atoms with van der Waals surface area (Å²) in [6.45, 7) is 11.2. The number of piperidine rings is 1. The number of nitrogens with zero attached hydrogens (tertiary/aromatic N) is 1. The molecule has 0 spiro atoms. The van der Waals surface area contributed by atoms with Gasteiger partial charge in [0.2, 0.25) is 11.8 Å². The number of amides is 2. The molecule has 1 aromatic carbocycles. The van der Waals surface area contributed by atoms with Crippen molar-refractivity contribution in [3.05, 3.63) is 34.9 Å². The summed E-state index contributed by atoms with van der Waals surface area (Å²) in [5, 5.41) is 3.55. The molecule has 0 bridgehead atoms. The number of hydrogen-bond acceptors (Lipinski definition) is 2. The van der Waals surface area contributed by atoms with Crippen LogP contribution in [-0.4, -0.2) is 35.8 Å². The lowest BCUT2D eigenvalue weighted by Gasteiger charge is -2.45. The van der Waals surface area contributed by atoms with E-state index in [0.717, 1.165) is 11.4 Å². The van der Waals surface area contributed by atoms with E-state index < -0.39 is 6.04 Å². The fourth-order valence-corrected chi connectivity index (χ4v) is 3.91. The van der Waals surface area contributed by atoms with Gasteiger partial charge in [-0.2, -0.15) is 0 Å². The van der Waals surface area contributed by atoms with Crippen LogP contribution in [0.1, 0.15) is 52.5 Å². The van der Waals surface area contributed by atoms with E-state index in [1.54, 1.807) is 0 Å². The van der Waals surface area contributed by atoms with Crippen LogP contribution in [0.2, 0.25) is 5.02 Å². The van der Waals surface area contributed by atoms with Gasteiger partial charge in [-0.15, -0.1) is 0 Å². The number of rotatable bonds is 4. The first-order valence-electron chi connectivity index (χ1n) is 8.93. The molecule has 4 nitrogen and oxygen atoms in total. The van der Waals surface area contributed by atoms with Gasteiger partial charge in [0.05, 0.1) is 0 Å². The largest absolute Gasteiger partial charge is 0.344 e. The van der Waals surface area contributed by atoms with Crippen LogP contribution in [0.5, 0.6) is 0 Å². The molecule has 0 saturated carbocycles. The van der Waals surface area contributed by atoms with Crippen LogP contribution in [0.3, 0.4) is 0 Å². The molecule has 1 aliphatic heterocycles. The van der Waals surface area contributed by atoms with Crippen molar-refractivity contribution in [3.8, 4) is 0 Å². The molecule has 0 aliphatic carbocycles. The van der Waals surface area contributed by atoms with Gasteiger partial charge in [-0.3, -0.25) is 9.59 Å². The lowest BCUT2D eigenvalue weighted by molar-refractivity contribution is -0.140. The van der Waals surface area contributed by atoms with E-state index in [2.05, 4.69) is 31.3 Å². The molecule has 25 heavy (non-hydrogen) atoms. The van der Waals surface area contributed by atoms with Gasteiger partial charge < -0.3 is 10.2 Å². The van der Waals surface area contributed by atoms with Gasteiger partial charge in [0.25, 0.3) is 0 Å². The average molecular weight is 365 g/mol. The third kappa shape index (κ3) is 4.75. The van der Waals surface area contributed by atoms with Gasteiger partial charge in [0.15, 0.2) is 0 Å². The number of nitrogens with one attached hydrogen (secondary N) is 1. The Morgan fingerprint density at radius 2 is 1.84 bits per heavy atom. The molecule has 2 rings (SSSR count). The number of carbonyl (C=O) groups excluding carboxylic acids is 2. The first kappa shape index (κ1) is 19.8. The summed E-state index contributed by atoms with van der Waals surface area (Å²) in [6, 6.07) is 7.56. The second-order valence-electron chi connectivity index (χ2n) is 8.06. The van der Waals surface area contributed by atoms with E-state index in [1.165, 1.54) is 12.5 Å². The molecule has 5 heteroatoms. The Morgan fingerprint density at radius 1 is 1.24 bits per heavy atom. The van der Waals surface area contributed by atoms with Crippen molar-refractivity contribution >= 4 is 23.4 Å². The second-order valence-corrected chi connectivity index (χ2v) is 8.50. The molecule has 1 aliphatic rings. The van der Waals surface area contributed by atoms with Crippen LogP contribution in [0.15, 0.2) is 24.3 Å². The highest BCUT2D eigenvalue weighted by Gasteiger charge is 2.40. The van der Waals surface area contributed by atoms with Crippen molar-refractivity contribution in [1.82, 2.24) is 10.2 Å². The summed E-state index contributed by atoms with van der Waals surface area (Å²) in [4.78, 5) is 26.3. The van der Waals surface area contributed by atoms with Gasteiger partial charge in [-0.05, 0) is 41.4 Å². The summed E-state index contributed by atoms with van der Waals surface area (Å²) in [7, 11) is 0. The van der Waals surface area contributed by atoms with E-state index in [9.17, 15) is 9.59 Å². The first-order valence-corrected chi connectivity index (χ1v) is 9.31. The molecule has 0 aromatic heterocycles. The van der Waals surface area contributed by atoms with Gasteiger partial charge >= 0.3 is 0 Å². The zero-order chi connectivity index (χ0) is 18.8. The maximum atomic E-state index is 12.9. The Morgan fingerprint density at radius 3 is 2.32 bits per heavy atom. The van der Waals surface area contributed by atoms with Gasteiger partial charge in [-0.25, -0.2) is 0 Å². The molecular weight excluding hydrogens is 336 g/mol. The smallest absolute Gasteiger partial charge is 0.245 e. The monoisotopic (exact) mass is 364 g/mol. The number of carbonyl (C=O) groups is 2. The van der Waals surface area contributed by atoms with Crippen LogP contribution < -0.4 is 5.32 Å². The summed E-state index contributed by atoms with van der Waals surface area (Å²) in [5.41, 5.74) is 1.23. The number of benzene rings is 1. The second kappa shape index (κ2) is 7.77. The van der Waals surface area contributed by atoms with Crippen molar-refractivity contribution in [2.75, 3.05) is 13.1 Å². The van der Waals surface area contributed by atoms with Crippen LogP contribution >= 0.6 is 11.6 Å². The molecule has 2 amide bonds. The minimum atomic E-state index is -0.458. The highest BCUT2D eigenvalue weighted by atomic mass is 35.5. The summed E-state index contributed by atoms with van der Waals surface area (Å²) in [6.07, 6.45) is 0.908. The predicted molar refractivity (Wildman–Crippen MR) is 102 cm³/mol. The Kier molecular flexibility index (Phi) is 6.15. The van der Waals surface area contributed by atoms with Crippen molar-refractivity contribution < 1.29 is 9.59 Å². The highest BCUT2D eigenvalue weighted by Crippen LogP contribution is 2.42. The van der Waals surface area contributed by atoms with Crippen molar-refractivity contribution in [1.29, 1.82) is 0 Å². The molecule has 1 fully saturated rings. The third-order valence-corrected chi connectivity index (χ3v) is 5.36. The highest BCUT2D eigenvalue weighted by molar-refractivity contribution is 6.30. The van der Waals surface area contributed by atoms with Crippen LogP contribution in [0, 0.1) is 11.3 Å². The topological polar surface area (TPSA) is 49.4 Å². The Hall–Kier alpha value is -1.55. The molecule has 1 saturated heterocycles. The maximum absolute atomic E-state index is 12.9. The Labute approximate surface area is 155 Å². The predicted octanol–water partition coefficient (Wildman–Crippen LogP) is 3.84. The molecule has 138 valence electrons. The molecule has 0 radical (unpaired) electrons. The van der Waals surface area contributed by atoms with Crippen LogP contribution in [0.4, 0.5) is 0 Å². The summed E-state index contributed by atoms with van der Waals surface area (Å²) in [5.74, 6) is 0.302. The van der Waals surface area contributed by atoms with E-state index in [0.29, 0.717) is 19.0 Å². The Balaban J connectivity index is 2.14. The number of likely N-dealkylation sites (tertiary alicyclic amines) is 1. The van der Waals surface area contributed by atoms with E-state index in [1.807, 2.05) is 30.9 Å². The SMILES string of the molecule is CC(=O)NC(C(=O)N1CCC(c2ccc(Cl)cc2)C(C)(C)C1)C(C)C. The third-order valence-electron chi connectivity index (χ3n) is 5.10. The minimum Gasteiger partial charge on any atom is -0.344 e. The fraction of sp³-hybridized carbons (Fsp3) is 0.600. The average Bonchev–Trinajstić information content (AvgIpc) is 2.51. The van der Waals surface area contributed by atoms with Crippen molar-refractivity contribution in [3.63, 3.8) is 0 Å². The van der Waals surface area contributed by atoms with Crippen LogP contribution in [0.25, 0.3) is 0 Å². The van der Waals surface area contributed by atoms with Crippen LogP contribution in [-0.2, 0) is 9.59 Å². The molecule has 2 unspecified atom stereocenters. The fourth-order valence-electron chi connectivity index (χ4n) is 3.79. The van der Waals surface area contributed by atoms with E-state index in [-0.39, 0.29) is 23.1 Å². The molecule has 1 heterocycles. The van der Waals surface area contributed by atoms with Crippen molar-refractivity contribution in [2.45, 2.75) is 53.0 Å². The standard InChI is InChI=1S/C20H29ClN2O2/c1-13(2)18(22-14(3)24)19(25)23-11-10-17(20(4,5)12-23)15-6-8-16(21)9-7-15/h6-9,13,17-18H,10-12H2,1-5H3,(H,22,24). The number of halogens is 1. The summed E-state index contributed by atoms with van der Waals surface area (Å²) < 4.78 is 0. The Bertz CT molecular complexity index is 625. The van der Waals surface area contributed by atoms with Gasteiger partial charge in [0.1, 0.15) is 6.04 Å². The van der Waals surface area contributed by atoms with Gasteiger partial charge in [-0.1, -0.05) is 51.4 Å². The maximum Gasteiger partial charge on any atom is 0.245 e. The molecule has 2 atom stereocenters. The lowest BCUT2D eigenvalue weighted by Crippen LogP contribution is -2.55. The summed E-state index contributed by atoms with van der Waals surface area (Å²) >= 11 is 6.00. The quantitative estimate of drug-likeness (QED) is 0.882. The number of hydrogen-bond donors (Lipinski definition) is 1. The van der Waals surface area contributed by atoms with E-state index in [4.69, 9.17) is 11.6 Å². The zero-order valence-corrected chi connectivity index (χ0v) is 16.6. The normalized spacial score (nSPS) is 21.1. The first-order chi connectivity index (χ1) is 11.6. The zero-order valence-electron chi connectivity index (χ0n) is 15.8. The molecular formula is C20H29ClN2O2. The molecule has 1 aromatic rings. The minimum absolute atomic E-state index is 0.0211.